The molecule has 0 fully saturated rings. The van der Waals surface area contributed by atoms with Crippen LogP contribution >= 0.6 is 7.82 Å². The van der Waals surface area contributed by atoms with Gasteiger partial charge >= 0.3 is 11.9 Å². The van der Waals surface area contributed by atoms with Crippen molar-refractivity contribution in [1.29, 1.82) is 0 Å². The highest BCUT2D eigenvalue weighted by atomic mass is 31.2. The molecule has 0 aromatic carbocycles. The van der Waals surface area contributed by atoms with Gasteiger partial charge in [0.25, 0.3) is 7.82 Å². The van der Waals surface area contributed by atoms with Crippen LogP contribution in [0.4, 0.5) is 0 Å². The summed E-state index contributed by atoms with van der Waals surface area (Å²) in [4.78, 5) is 35.9. The van der Waals surface area contributed by atoms with Crippen LogP contribution in [-0.4, -0.2) is 70.0 Å². The highest BCUT2D eigenvalue weighted by Crippen LogP contribution is 2.38. The molecule has 0 saturated heterocycles. The molecule has 2 unspecified atom stereocenters. The molecule has 0 aromatic rings. The Morgan fingerprint density at radius 1 is 0.737 bits per heavy atom. The van der Waals surface area contributed by atoms with Gasteiger partial charge in [-0.1, -0.05) is 97.3 Å². The molecule has 0 amide bonds. The number of unbranched alkanes of at least 4 members (excludes halogenated alkanes) is 13. The molecule has 9 nitrogen and oxygen atoms in total. The van der Waals surface area contributed by atoms with Crippen LogP contribution in [0, 0.1) is 0 Å². The van der Waals surface area contributed by atoms with Crippen LogP contribution in [0.25, 0.3) is 0 Å². The highest BCUT2D eigenvalue weighted by Gasteiger charge is 2.21. The summed E-state index contributed by atoms with van der Waals surface area (Å²) in [5, 5.41) is 0. The molecule has 10 heteroatoms. The average Bonchev–Trinajstić information content (AvgIpc) is 2.84. The van der Waals surface area contributed by atoms with E-state index in [2.05, 4.69) is 6.92 Å². The van der Waals surface area contributed by atoms with Gasteiger partial charge < -0.3 is 27.9 Å². The number of carbonyl (C=O) groups excluding carboxylic acids is 2. The first kappa shape index (κ1) is 37.0. The number of esters is 2. The smallest absolute Gasteiger partial charge is 0.306 e. The molecule has 0 aromatic heterocycles. The topological polar surface area (TPSA) is 111 Å². The number of quaternary nitrogens is 1. The van der Waals surface area contributed by atoms with Crippen molar-refractivity contribution < 1.29 is 42.1 Å². The second-order valence-corrected chi connectivity index (χ2v) is 12.5. The summed E-state index contributed by atoms with van der Waals surface area (Å²) >= 11 is 0. The minimum Gasteiger partial charge on any atom is -0.756 e. The summed E-state index contributed by atoms with van der Waals surface area (Å²) in [5.41, 5.74) is 0. The molecule has 0 N–H and O–H groups in total. The fraction of sp³-hybridized carbons (Fsp3) is 0.929. The van der Waals surface area contributed by atoms with E-state index in [0.717, 1.165) is 12.8 Å². The van der Waals surface area contributed by atoms with Gasteiger partial charge in [-0.2, -0.15) is 0 Å². The fourth-order valence-corrected chi connectivity index (χ4v) is 4.48. The maximum atomic E-state index is 12.3. The summed E-state index contributed by atoms with van der Waals surface area (Å²) in [6.07, 6.45) is 16.5. The second-order valence-electron chi connectivity index (χ2n) is 11.1. The van der Waals surface area contributed by atoms with Crippen molar-refractivity contribution >= 4 is 19.8 Å². The monoisotopic (exact) mass is 565 g/mol. The Hall–Kier alpha value is -0.990. The van der Waals surface area contributed by atoms with Gasteiger partial charge in [0.05, 0.1) is 27.7 Å². The van der Waals surface area contributed by atoms with Crippen molar-refractivity contribution in [3.8, 4) is 0 Å². The normalized spacial score (nSPS) is 14.2. The van der Waals surface area contributed by atoms with Crippen LogP contribution in [0.1, 0.15) is 117 Å². The van der Waals surface area contributed by atoms with Crippen molar-refractivity contribution in [3.63, 3.8) is 0 Å². The number of likely N-dealkylation sites (N-methyl/N-ethyl adjacent to an activating group) is 1. The molecular formula is C28H56NO8P. The third-order valence-corrected chi connectivity index (χ3v) is 7.15. The first-order chi connectivity index (χ1) is 18.0. The first-order valence-corrected chi connectivity index (χ1v) is 16.2. The van der Waals surface area contributed by atoms with E-state index in [0.29, 0.717) is 17.4 Å². The zero-order valence-corrected chi connectivity index (χ0v) is 25.8. The molecule has 0 radical (unpaired) electrons. The largest absolute Gasteiger partial charge is 0.756 e. The van der Waals surface area contributed by atoms with Gasteiger partial charge in [-0.3, -0.25) is 14.2 Å². The number of hydrogen-bond donors (Lipinski definition) is 0. The Labute approximate surface area is 232 Å². The highest BCUT2D eigenvalue weighted by molar-refractivity contribution is 7.45. The van der Waals surface area contributed by atoms with Gasteiger partial charge in [0.1, 0.15) is 19.8 Å². The quantitative estimate of drug-likeness (QED) is 0.0549. The number of carbonyl (C=O) groups is 2. The Morgan fingerprint density at radius 3 is 1.71 bits per heavy atom. The number of nitrogens with zero attached hydrogens (tertiary/aromatic N) is 1. The van der Waals surface area contributed by atoms with Gasteiger partial charge in [-0.15, -0.1) is 0 Å². The molecule has 0 aliphatic rings. The number of ether oxygens (including phenoxy) is 2. The zero-order chi connectivity index (χ0) is 28.7. The van der Waals surface area contributed by atoms with E-state index < -0.39 is 32.5 Å². The zero-order valence-electron chi connectivity index (χ0n) is 24.9. The van der Waals surface area contributed by atoms with Gasteiger partial charge in [-0.05, 0) is 6.42 Å². The molecular weight excluding hydrogens is 509 g/mol. The summed E-state index contributed by atoms with van der Waals surface area (Å²) in [6.45, 7) is 3.60. The third kappa shape index (κ3) is 25.3. The van der Waals surface area contributed by atoms with Crippen molar-refractivity contribution in [3.05, 3.63) is 0 Å². The van der Waals surface area contributed by atoms with Crippen molar-refractivity contribution in [1.82, 2.24) is 0 Å². The molecule has 0 aliphatic carbocycles. The average molecular weight is 566 g/mol. The standard InChI is InChI=1S/C28H56NO8P/c1-6-8-9-10-11-12-13-14-15-16-17-18-19-20-21-28(31)37-26(24-34-27(30)7-2)25-36-38(32,33)35-23-22-29(3,4)5/h26H,6-25H2,1-5H3. The Kier molecular flexibility index (Phi) is 22.2. The number of hydrogen-bond acceptors (Lipinski definition) is 8. The van der Waals surface area contributed by atoms with Gasteiger partial charge in [0, 0.05) is 12.8 Å². The lowest BCUT2D eigenvalue weighted by Gasteiger charge is -2.28. The fourth-order valence-electron chi connectivity index (χ4n) is 3.75. The maximum Gasteiger partial charge on any atom is 0.306 e. The Morgan fingerprint density at radius 2 is 1.24 bits per heavy atom. The summed E-state index contributed by atoms with van der Waals surface area (Å²) in [5.74, 6) is -0.931. The minimum absolute atomic E-state index is 0.0291. The molecule has 2 atom stereocenters. The van der Waals surface area contributed by atoms with Crippen LogP contribution in [0.5, 0.6) is 0 Å². The third-order valence-electron chi connectivity index (χ3n) is 6.18. The molecule has 0 bridgehead atoms. The molecule has 0 spiro atoms. The van der Waals surface area contributed by atoms with E-state index >= 15 is 0 Å². The molecule has 226 valence electrons. The number of phosphoric acid groups is 1. The summed E-state index contributed by atoms with van der Waals surface area (Å²) < 4.78 is 32.8. The molecule has 0 rings (SSSR count). The van der Waals surface area contributed by atoms with E-state index in [1.807, 2.05) is 21.1 Å². The lowest BCUT2D eigenvalue weighted by atomic mass is 10.0. The molecule has 0 heterocycles. The maximum absolute atomic E-state index is 12.3. The van der Waals surface area contributed by atoms with Crippen LogP contribution in [0.3, 0.4) is 0 Å². The van der Waals surface area contributed by atoms with Crippen molar-refractivity contribution in [2.75, 3.05) is 47.5 Å². The number of rotatable bonds is 26. The second kappa shape index (κ2) is 22.8. The predicted octanol–water partition coefficient (Wildman–Crippen LogP) is 5.93. The van der Waals surface area contributed by atoms with Gasteiger partial charge in [0.2, 0.25) is 0 Å². The van der Waals surface area contributed by atoms with Crippen molar-refractivity contribution in [2.45, 2.75) is 123 Å². The lowest BCUT2D eigenvalue weighted by molar-refractivity contribution is -0.870. The SMILES string of the molecule is CCCCCCCCCCCCCCCCC(=O)OC(COC(=O)CC)COP(=O)([O-])OCC[N+](C)(C)C. The minimum atomic E-state index is -4.57. The van der Waals surface area contributed by atoms with E-state index in [1.54, 1.807) is 6.92 Å². The Bertz CT molecular complexity index is 653. The summed E-state index contributed by atoms with van der Waals surface area (Å²) in [6, 6.07) is 0. The van der Waals surface area contributed by atoms with E-state index in [-0.39, 0.29) is 26.1 Å². The van der Waals surface area contributed by atoms with Crippen LogP contribution in [0.15, 0.2) is 0 Å². The first-order valence-electron chi connectivity index (χ1n) is 14.7. The molecule has 38 heavy (non-hydrogen) atoms. The van der Waals surface area contributed by atoms with Crippen LogP contribution < -0.4 is 4.89 Å². The molecule has 0 aliphatic heterocycles. The predicted molar refractivity (Wildman–Crippen MR) is 148 cm³/mol. The van der Waals surface area contributed by atoms with E-state index in [1.165, 1.54) is 70.6 Å². The Balaban J connectivity index is 4.12. The van der Waals surface area contributed by atoms with Crippen LogP contribution in [-0.2, 0) is 32.7 Å². The lowest BCUT2D eigenvalue weighted by Crippen LogP contribution is -2.37. The number of phosphoric ester groups is 1. The van der Waals surface area contributed by atoms with E-state index in [4.69, 9.17) is 18.5 Å². The van der Waals surface area contributed by atoms with E-state index in [9.17, 15) is 19.0 Å². The molecule has 0 saturated carbocycles. The van der Waals surface area contributed by atoms with Crippen molar-refractivity contribution in [2.24, 2.45) is 0 Å². The van der Waals surface area contributed by atoms with Gasteiger partial charge in [-0.25, -0.2) is 0 Å². The van der Waals surface area contributed by atoms with Gasteiger partial charge in [0.15, 0.2) is 6.10 Å². The summed E-state index contributed by atoms with van der Waals surface area (Å²) in [7, 11) is 1.16. The van der Waals surface area contributed by atoms with Crippen LogP contribution in [0.2, 0.25) is 0 Å².